The average molecular weight is 240 g/mol. The summed E-state index contributed by atoms with van der Waals surface area (Å²) in [5, 5.41) is 9.45. The maximum Gasteiger partial charge on any atom is 0.0497 e. The lowest BCUT2D eigenvalue weighted by atomic mass is 9.83. The third-order valence-corrected chi connectivity index (χ3v) is 4.42. The van der Waals surface area contributed by atoms with Gasteiger partial charge in [0, 0.05) is 31.7 Å². The van der Waals surface area contributed by atoms with Crippen LogP contribution in [0.5, 0.6) is 0 Å². The minimum Gasteiger partial charge on any atom is -0.396 e. The van der Waals surface area contributed by atoms with Gasteiger partial charge in [0.1, 0.15) is 0 Å². The van der Waals surface area contributed by atoms with Crippen molar-refractivity contribution in [2.24, 2.45) is 5.41 Å². The van der Waals surface area contributed by atoms with Gasteiger partial charge in [0.25, 0.3) is 0 Å². The number of nitrogens with zero attached hydrogens (tertiary/aromatic N) is 2. The Hall–Kier alpha value is -0.120. The number of aliphatic hydroxyl groups excluding tert-OH is 1. The van der Waals surface area contributed by atoms with E-state index < -0.39 is 0 Å². The molecule has 3 nitrogen and oxygen atoms in total. The molecule has 100 valence electrons. The van der Waals surface area contributed by atoms with Gasteiger partial charge in [-0.25, -0.2) is 0 Å². The molecule has 2 heterocycles. The second kappa shape index (κ2) is 6.17. The number of hydrogen-bond acceptors (Lipinski definition) is 3. The van der Waals surface area contributed by atoms with Gasteiger partial charge in [-0.15, -0.1) is 0 Å². The molecule has 2 aliphatic rings. The van der Waals surface area contributed by atoms with Gasteiger partial charge in [0.2, 0.25) is 0 Å². The molecule has 0 saturated carbocycles. The zero-order valence-electron chi connectivity index (χ0n) is 11.3. The monoisotopic (exact) mass is 240 g/mol. The van der Waals surface area contributed by atoms with E-state index in [0.29, 0.717) is 6.61 Å². The Morgan fingerprint density at radius 2 is 1.59 bits per heavy atom. The third kappa shape index (κ3) is 3.94. The highest BCUT2D eigenvalue weighted by atomic mass is 16.3. The molecule has 1 unspecified atom stereocenters. The van der Waals surface area contributed by atoms with Crippen LogP contribution in [0.25, 0.3) is 0 Å². The van der Waals surface area contributed by atoms with Gasteiger partial charge in [-0.05, 0) is 45.3 Å². The van der Waals surface area contributed by atoms with Crippen molar-refractivity contribution in [3.63, 3.8) is 0 Å². The maximum atomic E-state index is 9.45. The van der Waals surface area contributed by atoms with Crippen molar-refractivity contribution >= 4 is 0 Å². The van der Waals surface area contributed by atoms with E-state index in [9.17, 15) is 5.11 Å². The SMILES string of the molecule is CC1(CO)CCCN(CCN2CCCCC2)C1. The van der Waals surface area contributed by atoms with Crippen LogP contribution in [-0.4, -0.2) is 60.8 Å². The molecule has 17 heavy (non-hydrogen) atoms. The fourth-order valence-corrected chi connectivity index (χ4v) is 3.21. The number of hydrogen-bond donors (Lipinski definition) is 1. The molecule has 2 fully saturated rings. The zero-order chi connectivity index (χ0) is 12.1. The molecule has 0 aromatic heterocycles. The molecule has 0 spiro atoms. The van der Waals surface area contributed by atoms with Crippen molar-refractivity contribution in [1.29, 1.82) is 0 Å². The van der Waals surface area contributed by atoms with Crippen LogP contribution in [-0.2, 0) is 0 Å². The van der Waals surface area contributed by atoms with Crippen LogP contribution in [0.15, 0.2) is 0 Å². The van der Waals surface area contributed by atoms with Crippen LogP contribution < -0.4 is 0 Å². The summed E-state index contributed by atoms with van der Waals surface area (Å²) < 4.78 is 0. The van der Waals surface area contributed by atoms with Crippen LogP contribution in [0.1, 0.15) is 39.0 Å². The Kier molecular flexibility index (Phi) is 4.83. The average Bonchev–Trinajstić information content (AvgIpc) is 2.38. The van der Waals surface area contributed by atoms with Crippen LogP contribution in [0.3, 0.4) is 0 Å². The molecule has 3 heteroatoms. The Bertz CT molecular complexity index is 228. The highest BCUT2D eigenvalue weighted by Gasteiger charge is 2.30. The van der Waals surface area contributed by atoms with Crippen molar-refractivity contribution in [1.82, 2.24) is 9.80 Å². The van der Waals surface area contributed by atoms with Gasteiger partial charge in [-0.2, -0.15) is 0 Å². The highest BCUT2D eigenvalue weighted by molar-refractivity contribution is 4.83. The fourth-order valence-electron chi connectivity index (χ4n) is 3.21. The molecular formula is C14H28N2O. The molecule has 0 amide bonds. The van der Waals surface area contributed by atoms with Crippen molar-refractivity contribution < 1.29 is 5.11 Å². The van der Waals surface area contributed by atoms with E-state index in [4.69, 9.17) is 0 Å². The van der Waals surface area contributed by atoms with Crippen LogP contribution in [0, 0.1) is 5.41 Å². The summed E-state index contributed by atoms with van der Waals surface area (Å²) in [4.78, 5) is 5.16. The summed E-state index contributed by atoms with van der Waals surface area (Å²) in [5.74, 6) is 0. The Labute approximate surface area is 106 Å². The van der Waals surface area contributed by atoms with Gasteiger partial charge in [0.05, 0.1) is 0 Å². The first-order chi connectivity index (χ1) is 8.22. The van der Waals surface area contributed by atoms with E-state index >= 15 is 0 Å². The van der Waals surface area contributed by atoms with Gasteiger partial charge < -0.3 is 14.9 Å². The normalized spacial score (nSPS) is 32.8. The second-order valence-electron chi connectivity index (χ2n) is 6.25. The largest absolute Gasteiger partial charge is 0.396 e. The predicted octanol–water partition coefficient (Wildman–Crippen LogP) is 1.57. The molecule has 2 rings (SSSR count). The Morgan fingerprint density at radius 1 is 0.941 bits per heavy atom. The lowest BCUT2D eigenvalue weighted by molar-refractivity contribution is 0.0407. The minimum atomic E-state index is 0.153. The molecular weight excluding hydrogens is 212 g/mol. The van der Waals surface area contributed by atoms with Gasteiger partial charge >= 0.3 is 0 Å². The van der Waals surface area contributed by atoms with E-state index in [0.717, 1.165) is 6.54 Å². The molecule has 0 aromatic carbocycles. The van der Waals surface area contributed by atoms with E-state index in [1.165, 1.54) is 64.8 Å². The number of rotatable bonds is 4. The van der Waals surface area contributed by atoms with E-state index in [1.807, 2.05) is 0 Å². The smallest absolute Gasteiger partial charge is 0.0497 e. The minimum absolute atomic E-state index is 0.153. The van der Waals surface area contributed by atoms with E-state index in [1.54, 1.807) is 0 Å². The molecule has 1 N–H and O–H groups in total. The topological polar surface area (TPSA) is 26.7 Å². The maximum absolute atomic E-state index is 9.45. The van der Waals surface area contributed by atoms with Crippen molar-refractivity contribution in [3.8, 4) is 0 Å². The summed E-state index contributed by atoms with van der Waals surface area (Å²) in [6.45, 7) is 9.88. The van der Waals surface area contributed by atoms with Crippen LogP contribution in [0.4, 0.5) is 0 Å². The summed E-state index contributed by atoms with van der Waals surface area (Å²) in [7, 11) is 0. The Balaban J connectivity index is 1.71. The molecule has 2 saturated heterocycles. The van der Waals surface area contributed by atoms with Crippen molar-refractivity contribution in [2.75, 3.05) is 45.9 Å². The Morgan fingerprint density at radius 3 is 2.29 bits per heavy atom. The number of piperidine rings is 2. The quantitative estimate of drug-likeness (QED) is 0.808. The molecule has 0 radical (unpaired) electrons. The summed E-state index contributed by atoms with van der Waals surface area (Å²) in [5.41, 5.74) is 0.153. The van der Waals surface area contributed by atoms with Gasteiger partial charge in [-0.3, -0.25) is 0 Å². The van der Waals surface area contributed by atoms with Crippen molar-refractivity contribution in [3.05, 3.63) is 0 Å². The summed E-state index contributed by atoms with van der Waals surface area (Å²) >= 11 is 0. The first-order valence-corrected chi connectivity index (χ1v) is 7.27. The molecule has 2 aliphatic heterocycles. The fraction of sp³-hybridized carbons (Fsp3) is 1.00. The van der Waals surface area contributed by atoms with Crippen LogP contribution in [0.2, 0.25) is 0 Å². The van der Waals surface area contributed by atoms with E-state index in [2.05, 4.69) is 16.7 Å². The third-order valence-electron chi connectivity index (χ3n) is 4.42. The highest BCUT2D eigenvalue weighted by Crippen LogP contribution is 2.28. The lowest BCUT2D eigenvalue weighted by Gasteiger charge is -2.40. The molecule has 0 aliphatic carbocycles. The summed E-state index contributed by atoms with van der Waals surface area (Å²) in [6, 6.07) is 0. The molecule has 1 atom stereocenters. The first-order valence-electron chi connectivity index (χ1n) is 7.27. The molecule has 0 aromatic rings. The predicted molar refractivity (Wildman–Crippen MR) is 71.2 cm³/mol. The van der Waals surface area contributed by atoms with E-state index in [-0.39, 0.29) is 5.41 Å². The summed E-state index contributed by atoms with van der Waals surface area (Å²) in [6.07, 6.45) is 6.62. The number of likely N-dealkylation sites (tertiary alicyclic amines) is 2. The first kappa shape index (κ1) is 13.3. The standard InChI is InChI=1S/C14H28N2O/c1-14(13-17)6-5-9-16(12-14)11-10-15-7-3-2-4-8-15/h17H,2-13H2,1H3. The zero-order valence-corrected chi connectivity index (χ0v) is 11.3. The lowest BCUT2D eigenvalue weighted by Crippen LogP contribution is -2.46. The van der Waals surface area contributed by atoms with Gasteiger partial charge in [-0.1, -0.05) is 13.3 Å². The molecule has 0 bridgehead atoms. The second-order valence-corrected chi connectivity index (χ2v) is 6.25. The number of aliphatic hydroxyl groups is 1. The van der Waals surface area contributed by atoms with Crippen LogP contribution >= 0.6 is 0 Å². The van der Waals surface area contributed by atoms with Gasteiger partial charge in [0.15, 0.2) is 0 Å². The van der Waals surface area contributed by atoms with Crippen molar-refractivity contribution in [2.45, 2.75) is 39.0 Å².